The fourth-order valence-electron chi connectivity index (χ4n) is 1.18. The molecule has 0 saturated heterocycles. The molecule has 2 aromatic rings. The van der Waals surface area contributed by atoms with Gasteiger partial charge in [0.15, 0.2) is 11.6 Å². The molecule has 0 aliphatic heterocycles. The maximum atomic E-state index is 13.3. The van der Waals surface area contributed by atoms with Crippen LogP contribution < -0.4 is 4.74 Å². The molecule has 72 valence electrons. The van der Waals surface area contributed by atoms with Crippen molar-refractivity contribution in [1.82, 2.24) is 9.97 Å². The van der Waals surface area contributed by atoms with Gasteiger partial charge in [-0.2, -0.15) is 0 Å². The number of benzene rings is 1. The second-order valence-electron chi connectivity index (χ2n) is 2.67. The first kappa shape index (κ1) is 9.15. The third-order valence-corrected chi connectivity index (χ3v) is 2.16. The van der Waals surface area contributed by atoms with Gasteiger partial charge in [-0.25, -0.2) is 14.4 Å². The Labute approximate surface area is 84.5 Å². The Balaban J connectivity index is 2.79. The third-order valence-electron chi connectivity index (χ3n) is 1.86. The van der Waals surface area contributed by atoms with Crippen molar-refractivity contribution in [3.63, 3.8) is 0 Å². The number of nitrogens with zero attached hydrogens (tertiary/aromatic N) is 2. The largest absolute Gasteiger partial charge is 0.494 e. The predicted molar refractivity (Wildman–Crippen MR) is 51.1 cm³/mol. The molecule has 5 heteroatoms. The fraction of sp³-hybridized carbons (Fsp3) is 0.111. The minimum Gasteiger partial charge on any atom is -0.494 e. The number of hydrogen-bond donors (Lipinski definition) is 0. The Morgan fingerprint density at radius 1 is 1.36 bits per heavy atom. The van der Waals surface area contributed by atoms with Gasteiger partial charge in [0.2, 0.25) is 0 Å². The highest BCUT2D eigenvalue weighted by Gasteiger charge is 2.08. The normalized spacial score (nSPS) is 10.5. The molecule has 0 saturated carbocycles. The molecule has 1 aromatic heterocycles. The van der Waals surface area contributed by atoms with Crippen molar-refractivity contribution in [1.29, 1.82) is 0 Å². The first-order valence-electron chi connectivity index (χ1n) is 3.86. The van der Waals surface area contributed by atoms with Crippen LogP contribution in [0, 0.1) is 5.82 Å². The molecule has 0 aliphatic carbocycles. The number of halogens is 2. The molecule has 1 heterocycles. The van der Waals surface area contributed by atoms with Gasteiger partial charge in [-0.1, -0.05) is 11.6 Å². The first-order valence-corrected chi connectivity index (χ1v) is 4.24. The maximum absolute atomic E-state index is 13.3. The van der Waals surface area contributed by atoms with Crippen LogP contribution in [0.3, 0.4) is 0 Å². The Bertz CT molecular complexity index is 489. The number of aromatic nitrogens is 2. The van der Waals surface area contributed by atoms with Crippen molar-refractivity contribution in [2.75, 3.05) is 7.11 Å². The van der Waals surface area contributed by atoms with E-state index in [1.165, 1.54) is 25.6 Å². The van der Waals surface area contributed by atoms with Crippen LogP contribution in [-0.4, -0.2) is 17.1 Å². The van der Waals surface area contributed by atoms with Crippen molar-refractivity contribution in [2.24, 2.45) is 0 Å². The van der Waals surface area contributed by atoms with E-state index >= 15 is 0 Å². The molecule has 0 N–H and O–H groups in total. The number of hydrogen-bond acceptors (Lipinski definition) is 3. The van der Waals surface area contributed by atoms with Crippen LogP contribution in [-0.2, 0) is 0 Å². The summed E-state index contributed by atoms with van der Waals surface area (Å²) < 4.78 is 18.1. The summed E-state index contributed by atoms with van der Waals surface area (Å²) in [6.07, 6.45) is 1.32. The van der Waals surface area contributed by atoms with Gasteiger partial charge in [-0.05, 0) is 6.07 Å². The van der Waals surface area contributed by atoms with E-state index in [0.29, 0.717) is 10.9 Å². The summed E-state index contributed by atoms with van der Waals surface area (Å²) in [5.41, 5.74) is 0.559. The molecule has 0 radical (unpaired) electrons. The van der Waals surface area contributed by atoms with Gasteiger partial charge in [0.05, 0.1) is 12.6 Å². The monoisotopic (exact) mass is 212 g/mol. The van der Waals surface area contributed by atoms with Gasteiger partial charge in [0.25, 0.3) is 0 Å². The average Bonchev–Trinajstić information content (AvgIpc) is 2.19. The lowest BCUT2D eigenvalue weighted by Crippen LogP contribution is -1.90. The zero-order chi connectivity index (χ0) is 10.1. The molecule has 0 unspecified atom stereocenters. The van der Waals surface area contributed by atoms with Gasteiger partial charge < -0.3 is 4.74 Å². The molecular weight excluding hydrogens is 207 g/mol. The molecule has 0 fully saturated rings. The average molecular weight is 213 g/mol. The van der Waals surface area contributed by atoms with Gasteiger partial charge in [-0.3, -0.25) is 0 Å². The first-order chi connectivity index (χ1) is 6.72. The molecule has 0 bridgehead atoms. The highest BCUT2D eigenvalue weighted by Crippen LogP contribution is 2.26. The van der Waals surface area contributed by atoms with Crippen LogP contribution in [0.25, 0.3) is 10.9 Å². The Morgan fingerprint density at radius 2 is 2.14 bits per heavy atom. The van der Waals surface area contributed by atoms with Gasteiger partial charge in [0, 0.05) is 11.5 Å². The molecule has 2 rings (SSSR count). The zero-order valence-corrected chi connectivity index (χ0v) is 8.05. The zero-order valence-electron chi connectivity index (χ0n) is 7.29. The van der Waals surface area contributed by atoms with Crippen LogP contribution in [0.15, 0.2) is 18.5 Å². The summed E-state index contributed by atoms with van der Waals surface area (Å²) in [6.45, 7) is 0. The van der Waals surface area contributed by atoms with E-state index in [1.54, 1.807) is 0 Å². The Kier molecular flexibility index (Phi) is 2.21. The van der Waals surface area contributed by atoms with Crippen LogP contribution in [0.1, 0.15) is 0 Å². The number of fused-ring (bicyclic) bond motifs is 1. The van der Waals surface area contributed by atoms with Crippen LogP contribution in [0.4, 0.5) is 4.39 Å². The van der Waals surface area contributed by atoms with E-state index in [1.807, 2.05) is 0 Å². The van der Waals surface area contributed by atoms with Gasteiger partial charge in [-0.15, -0.1) is 0 Å². The third kappa shape index (κ3) is 1.37. The topological polar surface area (TPSA) is 35.0 Å². The standard InChI is InChI=1S/C9H6ClFN2O/c1-14-8-3-7-5(2-6(8)11)9(10)13-4-12-7/h2-4H,1H3. The van der Waals surface area contributed by atoms with Crippen molar-refractivity contribution in [3.8, 4) is 5.75 Å². The van der Waals surface area contributed by atoms with E-state index < -0.39 is 5.82 Å². The lowest BCUT2D eigenvalue weighted by atomic mass is 10.2. The summed E-state index contributed by atoms with van der Waals surface area (Å²) >= 11 is 5.77. The summed E-state index contributed by atoms with van der Waals surface area (Å²) in [6, 6.07) is 2.74. The number of ether oxygens (including phenoxy) is 1. The highest BCUT2D eigenvalue weighted by molar-refractivity contribution is 6.34. The molecule has 0 atom stereocenters. The summed E-state index contributed by atoms with van der Waals surface area (Å²) in [5.74, 6) is -0.330. The van der Waals surface area contributed by atoms with Crippen molar-refractivity contribution in [3.05, 3.63) is 29.4 Å². The second kappa shape index (κ2) is 3.38. The Morgan fingerprint density at radius 3 is 2.86 bits per heavy atom. The lowest BCUT2D eigenvalue weighted by molar-refractivity contribution is 0.387. The van der Waals surface area contributed by atoms with Crippen molar-refractivity contribution >= 4 is 22.5 Å². The molecular formula is C9H6ClFN2O. The minimum atomic E-state index is -0.475. The summed E-state index contributed by atoms with van der Waals surface area (Å²) in [7, 11) is 1.40. The molecule has 1 aromatic carbocycles. The molecule has 0 aliphatic rings. The maximum Gasteiger partial charge on any atom is 0.165 e. The summed E-state index contributed by atoms with van der Waals surface area (Å²) in [5, 5.41) is 0.712. The van der Waals surface area contributed by atoms with E-state index in [2.05, 4.69) is 9.97 Å². The predicted octanol–water partition coefficient (Wildman–Crippen LogP) is 2.43. The van der Waals surface area contributed by atoms with Gasteiger partial charge >= 0.3 is 0 Å². The molecule has 0 amide bonds. The highest BCUT2D eigenvalue weighted by atomic mass is 35.5. The quantitative estimate of drug-likeness (QED) is 0.681. The molecule has 14 heavy (non-hydrogen) atoms. The number of rotatable bonds is 1. The summed E-state index contributed by atoms with van der Waals surface area (Å²) in [4.78, 5) is 7.70. The SMILES string of the molecule is COc1cc2ncnc(Cl)c2cc1F. The second-order valence-corrected chi connectivity index (χ2v) is 3.03. The van der Waals surface area contributed by atoms with E-state index in [4.69, 9.17) is 16.3 Å². The molecule has 0 spiro atoms. The van der Waals surface area contributed by atoms with Crippen LogP contribution >= 0.6 is 11.6 Å². The fourth-order valence-corrected chi connectivity index (χ4v) is 1.38. The van der Waals surface area contributed by atoms with Gasteiger partial charge in [0.1, 0.15) is 11.5 Å². The van der Waals surface area contributed by atoms with E-state index in [-0.39, 0.29) is 10.9 Å². The van der Waals surface area contributed by atoms with Crippen LogP contribution in [0.2, 0.25) is 5.15 Å². The smallest absolute Gasteiger partial charge is 0.165 e. The Hall–Kier alpha value is -1.42. The lowest BCUT2D eigenvalue weighted by Gasteiger charge is -2.03. The molecule has 3 nitrogen and oxygen atoms in total. The number of methoxy groups -OCH3 is 1. The minimum absolute atomic E-state index is 0.146. The van der Waals surface area contributed by atoms with Crippen molar-refractivity contribution < 1.29 is 9.13 Å². The van der Waals surface area contributed by atoms with E-state index in [0.717, 1.165) is 0 Å². The van der Waals surface area contributed by atoms with E-state index in [9.17, 15) is 4.39 Å². The van der Waals surface area contributed by atoms with Crippen LogP contribution in [0.5, 0.6) is 5.75 Å². The van der Waals surface area contributed by atoms with Crippen molar-refractivity contribution in [2.45, 2.75) is 0 Å².